The Morgan fingerprint density at radius 3 is 2.27 bits per heavy atom. The highest BCUT2D eigenvalue weighted by Gasteiger charge is 2.14. The Morgan fingerprint density at radius 2 is 1.73 bits per heavy atom. The number of benzene rings is 2. The van der Waals surface area contributed by atoms with Gasteiger partial charge in [0.05, 0.1) is 17.1 Å². The molecule has 0 bridgehead atoms. The zero-order chi connectivity index (χ0) is 19.1. The van der Waals surface area contributed by atoms with E-state index in [1.807, 2.05) is 19.1 Å². The van der Waals surface area contributed by atoms with E-state index in [0.29, 0.717) is 11.5 Å². The minimum atomic E-state index is -0.461. The maximum absolute atomic E-state index is 12.2. The highest BCUT2D eigenvalue weighted by Crippen LogP contribution is 2.17. The largest absolute Gasteiger partial charge is 0.272 e. The van der Waals surface area contributed by atoms with Crippen molar-refractivity contribution in [3.8, 4) is 0 Å². The molecule has 2 aromatic carbocycles. The Balaban J connectivity index is 1.93. The first-order valence-electron chi connectivity index (χ1n) is 8.53. The van der Waals surface area contributed by atoms with Crippen molar-refractivity contribution in [2.45, 2.75) is 33.1 Å². The van der Waals surface area contributed by atoms with Crippen molar-refractivity contribution in [1.29, 1.82) is 0 Å². The number of carbonyl (C=O) groups is 1. The molecular formula is C20H23N3O3. The predicted octanol–water partition coefficient (Wildman–Crippen LogP) is 4.05. The molecule has 6 nitrogen and oxygen atoms in total. The van der Waals surface area contributed by atoms with E-state index in [-0.39, 0.29) is 17.5 Å². The minimum absolute atomic E-state index is 0.0146. The highest BCUT2D eigenvalue weighted by molar-refractivity contribution is 5.85. The minimum Gasteiger partial charge on any atom is -0.272 e. The summed E-state index contributed by atoms with van der Waals surface area (Å²) in [7, 11) is 0. The Morgan fingerprint density at radius 1 is 1.12 bits per heavy atom. The number of nitrogens with one attached hydrogen (secondary N) is 1. The number of rotatable bonds is 7. The van der Waals surface area contributed by atoms with Crippen LogP contribution in [0.5, 0.6) is 0 Å². The van der Waals surface area contributed by atoms with Gasteiger partial charge in [-0.2, -0.15) is 5.10 Å². The molecule has 6 heteroatoms. The predicted molar refractivity (Wildman–Crippen MR) is 102 cm³/mol. The third-order valence-corrected chi connectivity index (χ3v) is 4.01. The van der Waals surface area contributed by atoms with Crippen molar-refractivity contribution in [2.24, 2.45) is 11.0 Å². The number of non-ortho nitro benzene ring substituents is 1. The van der Waals surface area contributed by atoms with E-state index in [9.17, 15) is 14.9 Å². The number of hydrogen-bond acceptors (Lipinski definition) is 4. The maximum atomic E-state index is 12.2. The normalized spacial score (nSPS) is 12.3. The van der Waals surface area contributed by atoms with Gasteiger partial charge in [-0.05, 0) is 48.1 Å². The molecule has 1 amide bonds. The highest BCUT2D eigenvalue weighted by atomic mass is 16.6. The molecule has 0 fully saturated rings. The van der Waals surface area contributed by atoms with Crippen LogP contribution in [-0.2, 0) is 11.2 Å². The maximum Gasteiger partial charge on any atom is 0.269 e. The van der Waals surface area contributed by atoms with E-state index >= 15 is 0 Å². The van der Waals surface area contributed by atoms with Gasteiger partial charge in [0, 0.05) is 12.1 Å². The second-order valence-corrected chi connectivity index (χ2v) is 6.64. The molecular weight excluding hydrogens is 330 g/mol. The molecule has 0 aliphatic heterocycles. The summed E-state index contributed by atoms with van der Waals surface area (Å²) >= 11 is 0. The summed E-state index contributed by atoms with van der Waals surface area (Å²) < 4.78 is 0. The molecule has 0 saturated carbocycles. The summed E-state index contributed by atoms with van der Waals surface area (Å²) in [5.41, 5.74) is 5.38. The Labute approximate surface area is 153 Å². The average molecular weight is 353 g/mol. The van der Waals surface area contributed by atoms with E-state index in [2.05, 4.69) is 36.5 Å². The first kappa shape index (κ1) is 19.3. The average Bonchev–Trinajstić information content (AvgIpc) is 2.61. The fraction of sp³-hybridized carbons (Fsp3) is 0.300. The lowest BCUT2D eigenvalue weighted by Gasteiger charge is -2.11. The molecule has 0 aliphatic rings. The lowest BCUT2D eigenvalue weighted by atomic mass is 9.96. The molecule has 136 valence electrons. The second-order valence-electron chi connectivity index (χ2n) is 6.64. The van der Waals surface area contributed by atoms with Crippen LogP contribution in [-0.4, -0.2) is 17.0 Å². The molecule has 0 aliphatic carbocycles. The second kappa shape index (κ2) is 8.89. The topological polar surface area (TPSA) is 84.6 Å². The number of amides is 1. The summed E-state index contributed by atoms with van der Waals surface area (Å²) in [6.07, 6.45) is 2.47. The molecule has 1 atom stereocenters. The fourth-order valence-corrected chi connectivity index (χ4v) is 2.51. The summed E-state index contributed by atoms with van der Waals surface area (Å²) in [4.78, 5) is 22.4. The first-order valence-corrected chi connectivity index (χ1v) is 8.53. The van der Waals surface area contributed by atoms with Crippen LogP contribution < -0.4 is 5.43 Å². The number of hydrazone groups is 1. The lowest BCUT2D eigenvalue weighted by molar-refractivity contribution is -0.384. The Bertz CT molecular complexity index is 781. The van der Waals surface area contributed by atoms with Crippen molar-refractivity contribution in [1.82, 2.24) is 5.43 Å². The number of nitrogens with zero attached hydrogens (tertiary/aromatic N) is 2. The van der Waals surface area contributed by atoms with Gasteiger partial charge in [-0.3, -0.25) is 14.9 Å². The van der Waals surface area contributed by atoms with Gasteiger partial charge >= 0.3 is 0 Å². The van der Waals surface area contributed by atoms with Crippen LogP contribution in [0.3, 0.4) is 0 Å². The SMILES string of the molecule is CC(C)Cc1ccc([C@@H](C)C(=O)N/N=C\c2ccc([N+](=O)[O-])cc2)cc1. The fourth-order valence-electron chi connectivity index (χ4n) is 2.51. The van der Waals surface area contributed by atoms with Gasteiger partial charge in [-0.1, -0.05) is 38.1 Å². The van der Waals surface area contributed by atoms with E-state index in [0.717, 1.165) is 12.0 Å². The molecule has 2 aromatic rings. The van der Waals surface area contributed by atoms with Crippen molar-refractivity contribution < 1.29 is 9.72 Å². The van der Waals surface area contributed by atoms with Crippen LogP contribution in [0, 0.1) is 16.0 Å². The van der Waals surface area contributed by atoms with Gasteiger partial charge in [-0.15, -0.1) is 0 Å². The van der Waals surface area contributed by atoms with Gasteiger partial charge in [0.1, 0.15) is 0 Å². The van der Waals surface area contributed by atoms with Gasteiger partial charge in [-0.25, -0.2) is 5.43 Å². The first-order chi connectivity index (χ1) is 12.4. The van der Waals surface area contributed by atoms with Crippen molar-refractivity contribution in [2.75, 3.05) is 0 Å². The summed E-state index contributed by atoms with van der Waals surface area (Å²) in [5, 5.41) is 14.5. The van der Waals surface area contributed by atoms with Gasteiger partial charge < -0.3 is 0 Å². The summed E-state index contributed by atoms with van der Waals surface area (Å²) in [5.74, 6) is 0.0622. The van der Waals surface area contributed by atoms with E-state index in [4.69, 9.17) is 0 Å². The van der Waals surface area contributed by atoms with Crippen molar-refractivity contribution in [3.05, 3.63) is 75.3 Å². The van der Waals surface area contributed by atoms with Crippen LogP contribution >= 0.6 is 0 Å². The summed E-state index contributed by atoms with van der Waals surface area (Å²) in [6, 6.07) is 14.0. The number of carbonyl (C=O) groups excluding carboxylic acids is 1. The van der Waals surface area contributed by atoms with Crippen LogP contribution in [0.15, 0.2) is 53.6 Å². The van der Waals surface area contributed by atoms with E-state index in [1.54, 1.807) is 12.1 Å². The Kier molecular flexibility index (Phi) is 6.60. The third kappa shape index (κ3) is 5.51. The van der Waals surface area contributed by atoms with Gasteiger partial charge in [0.15, 0.2) is 0 Å². The van der Waals surface area contributed by atoms with E-state index in [1.165, 1.54) is 23.9 Å². The van der Waals surface area contributed by atoms with E-state index < -0.39 is 4.92 Å². The Hall–Kier alpha value is -3.02. The molecule has 0 radical (unpaired) electrons. The number of nitro groups is 1. The van der Waals surface area contributed by atoms with Gasteiger partial charge in [0.2, 0.25) is 5.91 Å². The van der Waals surface area contributed by atoms with Crippen LogP contribution in [0.4, 0.5) is 5.69 Å². The molecule has 0 aromatic heterocycles. The quantitative estimate of drug-likeness (QED) is 0.463. The standard InChI is InChI=1S/C20H23N3O3/c1-14(2)12-16-4-8-18(9-5-16)15(3)20(24)22-21-13-17-6-10-19(11-7-17)23(25)26/h4-11,13-15H,12H2,1-3H3,(H,22,24)/b21-13-/t15-/m1/s1. The van der Waals surface area contributed by atoms with Crippen molar-refractivity contribution >= 4 is 17.8 Å². The number of nitro benzene ring substituents is 1. The van der Waals surface area contributed by atoms with Crippen LogP contribution in [0.25, 0.3) is 0 Å². The smallest absolute Gasteiger partial charge is 0.269 e. The van der Waals surface area contributed by atoms with Crippen LogP contribution in [0.2, 0.25) is 0 Å². The monoisotopic (exact) mass is 353 g/mol. The number of hydrogen-bond donors (Lipinski definition) is 1. The van der Waals surface area contributed by atoms with Crippen molar-refractivity contribution in [3.63, 3.8) is 0 Å². The van der Waals surface area contributed by atoms with Gasteiger partial charge in [0.25, 0.3) is 5.69 Å². The molecule has 0 heterocycles. The molecule has 2 rings (SSSR count). The van der Waals surface area contributed by atoms with Crippen LogP contribution in [0.1, 0.15) is 43.4 Å². The zero-order valence-corrected chi connectivity index (χ0v) is 15.2. The molecule has 0 spiro atoms. The molecule has 0 saturated heterocycles. The lowest BCUT2D eigenvalue weighted by Crippen LogP contribution is -2.23. The molecule has 0 unspecified atom stereocenters. The third-order valence-electron chi connectivity index (χ3n) is 4.01. The molecule has 1 N–H and O–H groups in total. The molecule has 26 heavy (non-hydrogen) atoms. The summed E-state index contributed by atoms with van der Waals surface area (Å²) in [6.45, 7) is 6.17. The zero-order valence-electron chi connectivity index (χ0n) is 15.2.